The first-order chi connectivity index (χ1) is 14.0. The second-order valence-corrected chi connectivity index (χ2v) is 7.99. The highest BCUT2D eigenvalue weighted by Gasteiger charge is 2.02. The molecular formula is C24H27BrIN3O. The van der Waals surface area contributed by atoms with Crippen molar-refractivity contribution >= 4 is 57.1 Å². The molecule has 0 bridgehead atoms. The molecule has 1 heterocycles. The number of nitrogens with zero attached hydrogens (tertiary/aromatic N) is 2. The van der Waals surface area contributed by atoms with E-state index in [1.807, 2.05) is 0 Å². The number of alkyl halides is 1. The van der Waals surface area contributed by atoms with Crippen molar-refractivity contribution in [3.05, 3.63) is 72.1 Å². The van der Waals surface area contributed by atoms with Crippen molar-refractivity contribution < 1.29 is 26.3 Å². The van der Waals surface area contributed by atoms with Gasteiger partial charge < -0.3 is 27.2 Å². The largest absolute Gasteiger partial charge is 1.00 e. The zero-order valence-corrected chi connectivity index (χ0v) is 21.1. The molecule has 1 N–H and O–H groups in total. The Bertz CT molecular complexity index is 1000. The van der Waals surface area contributed by atoms with E-state index in [4.69, 9.17) is 0 Å². The van der Waals surface area contributed by atoms with E-state index in [2.05, 4.69) is 125 Å². The van der Waals surface area contributed by atoms with Gasteiger partial charge >= 0.3 is 0 Å². The highest BCUT2D eigenvalue weighted by molar-refractivity contribution is 14.1. The molecule has 0 aliphatic rings. The van der Waals surface area contributed by atoms with Crippen molar-refractivity contribution in [2.45, 2.75) is 13.0 Å². The van der Waals surface area contributed by atoms with E-state index in [-0.39, 0.29) is 22.9 Å². The van der Waals surface area contributed by atoms with Crippen LogP contribution >= 0.6 is 22.6 Å². The predicted octanol–water partition coefficient (Wildman–Crippen LogP) is 1.31. The van der Waals surface area contributed by atoms with Crippen LogP contribution in [0.25, 0.3) is 22.9 Å². The molecule has 3 aromatic rings. The summed E-state index contributed by atoms with van der Waals surface area (Å²) < 4.78 is 2.66. The number of aromatic nitrogens is 1. The summed E-state index contributed by atoms with van der Waals surface area (Å²) in [6.45, 7) is 1.61. The summed E-state index contributed by atoms with van der Waals surface area (Å²) in [4.78, 5) is 13.4. The van der Waals surface area contributed by atoms with Crippen LogP contribution in [0, 0.1) is 0 Å². The molecule has 0 fully saturated rings. The lowest BCUT2D eigenvalue weighted by atomic mass is 10.1. The Hall–Kier alpha value is -1.93. The van der Waals surface area contributed by atoms with Crippen molar-refractivity contribution in [3.63, 3.8) is 0 Å². The molecule has 0 radical (unpaired) electrons. The first kappa shape index (κ1) is 24.3. The Morgan fingerprint density at radius 3 is 2.37 bits per heavy atom. The third-order valence-electron chi connectivity index (χ3n) is 4.79. The SMILES string of the molecule is CN(C)c1ccc2cc(/C=C/c3cc[n+](CCCNC(=O)CI)cc3)ccc2c1.[Br-]. The molecule has 1 amide bonds. The van der Waals surface area contributed by atoms with Crippen molar-refractivity contribution in [1.82, 2.24) is 5.32 Å². The fourth-order valence-corrected chi connectivity index (χ4v) is 3.36. The molecule has 0 aliphatic carbocycles. The number of fused-ring (bicyclic) bond motifs is 1. The second kappa shape index (κ2) is 12.1. The first-order valence-corrected chi connectivity index (χ1v) is 11.3. The summed E-state index contributed by atoms with van der Waals surface area (Å²) in [6.07, 6.45) is 9.39. The van der Waals surface area contributed by atoms with Gasteiger partial charge in [0.2, 0.25) is 5.91 Å². The minimum Gasteiger partial charge on any atom is -1.00 e. The number of rotatable bonds is 8. The van der Waals surface area contributed by atoms with Gasteiger partial charge in [0.1, 0.15) is 6.54 Å². The molecule has 0 unspecified atom stereocenters. The summed E-state index contributed by atoms with van der Waals surface area (Å²) in [6, 6.07) is 17.3. The fourth-order valence-electron chi connectivity index (χ4n) is 3.09. The van der Waals surface area contributed by atoms with Crippen LogP contribution < -0.4 is 31.8 Å². The average molecular weight is 580 g/mol. The van der Waals surface area contributed by atoms with Crippen LogP contribution in [0.5, 0.6) is 0 Å². The first-order valence-electron chi connectivity index (χ1n) is 9.76. The maximum absolute atomic E-state index is 11.2. The topological polar surface area (TPSA) is 36.2 Å². The van der Waals surface area contributed by atoms with Crippen LogP contribution in [0.2, 0.25) is 0 Å². The van der Waals surface area contributed by atoms with Crippen molar-refractivity contribution in [1.29, 1.82) is 0 Å². The Labute approximate surface area is 202 Å². The predicted molar refractivity (Wildman–Crippen MR) is 130 cm³/mol. The van der Waals surface area contributed by atoms with Gasteiger partial charge in [-0.2, -0.15) is 0 Å². The van der Waals surface area contributed by atoms with Crippen LogP contribution in [0.15, 0.2) is 60.9 Å². The number of carbonyl (C=O) groups is 1. The standard InChI is InChI=1S/C24H26IN3O.BrH/c1-27(2)23-9-8-21-16-20(6-7-22(21)17-23)5-4-19-10-14-28(15-11-19)13-3-12-26-24(29)18-25;/h4-11,14-17H,3,12-13,18H2,1-2H3;1H. The molecule has 0 atom stereocenters. The normalized spacial score (nSPS) is 10.8. The van der Waals surface area contributed by atoms with Gasteiger partial charge in [-0.1, -0.05) is 52.9 Å². The molecule has 6 heteroatoms. The molecule has 3 rings (SSSR count). The van der Waals surface area contributed by atoms with Gasteiger partial charge in [0.15, 0.2) is 12.4 Å². The molecule has 0 spiro atoms. The summed E-state index contributed by atoms with van der Waals surface area (Å²) in [5.41, 5.74) is 3.58. The minimum atomic E-state index is 0. The molecule has 158 valence electrons. The Balaban J connectivity index is 0.00000320. The average Bonchev–Trinajstić information content (AvgIpc) is 2.75. The zero-order chi connectivity index (χ0) is 20.6. The van der Waals surface area contributed by atoms with Crippen LogP contribution in [0.3, 0.4) is 0 Å². The lowest BCUT2D eigenvalue weighted by Crippen LogP contribution is -3.00. The van der Waals surface area contributed by atoms with Crippen LogP contribution in [0.4, 0.5) is 5.69 Å². The van der Waals surface area contributed by atoms with Gasteiger partial charge in [-0.05, 0) is 40.1 Å². The van der Waals surface area contributed by atoms with E-state index < -0.39 is 0 Å². The van der Waals surface area contributed by atoms with Gasteiger partial charge in [-0.25, -0.2) is 4.57 Å². The van der Waals surface area contributed by atoms with Crippen LogP contribution in [0.1, 0.15) is 17.5 Å². The molecule has 0 aliphatic heterocycles. The Morgan fingerprint density at radius 1 is 1.00 bits per heavy atom. The van der Waals surface area contributed by atoms with Gasteiger partial charge in [0.05, 0.1) is 4.43 Å². The number of anilines is 1. The smallest absolute Gasteiger partial charge is 0.229 e. The molecule has 0 saturated heterocycles. The van der Waals surface area contributed by atoms with Crippen molar-refractivity contribution in [2.75, 3.05) is 30.0 Å². The number of hydrogen-bond acceptors (Lipinski definition) is 2. The molecular weight excluding hydrogens is 553 g/mol. The summed E-state index contributed by atoms with van der Waals surface area (Å²) >= 11 is 2.07. The third-order valence-corrected chi connectivity index (χ3v) is 5.48. The number of pyridine rings is 1. The van der Waals surface area contributed by atoms with E-state index in [0.29, 0.717) is 11.0 Å². The third kappa shape index (κ3) is 7.09. The van der Waals surface area contributed by atoms with Crippen molar-refractivity contribution in [3.8, 4) is 0 Å². The number of halogens is 2. The highest BCUT2D eigenvalue weighted by Crippen LogP contribution is 2.22. The number of amides is 1. The Morgan fingerprint density at radius 2 is 1.67 bits per heavy atom. The van der Waals surface area contributed by atoms with Crippen molar-refractivity contribution in [2.24, 2.45) is 0 Å². The minimum absolute atomic E-state index is 0. The molecule has 4 nitrogen and oxygen atoms in total. The van der Waals surface area contributed by atoms with Crippen LogP contribution in [-0.2, 0) is 11.3 Å². The molecule has 2 aromatic carbocycles. The number of nitrogens with one attached hydrogen (secondary N) is 1. The lowest BCUT2D eigenvalue weighted by Gasteiger charge is -2.13. The van der Waals surface area contributed by atoms with E-state index in [1.165, 1.54) is 27.6 Å². The number of aryl methyl sites for hydroxylation is 1. The highest BCUT2D eigenvalue weighted by atomic mass is 127. The number of carbonyl (C=O) groups excluding carboxylic acids is 1. The van der Waals surface area contributed by atoms with Gasteiger partial charge in [0.25, 0.3) is 0 Å². The van der Waals surface area contributed by atoms with Gasteiger partial charge in [0, 0.05) is 44.9 Å². The van der Waals surface area contributed by atoms with Gasteiger partial charge in [-0.3, -0.25) is 4.79 Å². The monoisotopic (exact) mass is 579 g/mol. The fraction of sp³-hybridized carbons (Fsp3) is 0.250. The summed E-state index contributed by atoms with van der Waals surface area (Å²) in [7, 11) is 4.12. The van der Waals surface area contributed by atoms with E-state index in [9.17, 15) is 4.79 Å². The quantitative estimate of drug-likeness (QED) is 0.189. The zero-order valence-electron chi connectivity index (χ0n) is 17.3. The lowest BCUT2D eigenvalue weighted by molar-refractivity contribution is -0.697. The second-order valence-electron chi connectivity index (χ2n) is 7.23. The van der Waals surface area contributed by atoms with E-state index in [0.717, 1.165) is 13.0 Å². The molecule has 1 aromatic heterocycles. The number of hydrogen-bond donors (Lipinski definition) is 1. The van der Waals surface area contributed by atoms with E-state index in [1.54, 1.807) is 0 Å². The summed E-state index contributed by atoms with van der Waals surface area (Å²) in [5, 5.41) is 5.40. The maximum Gasteiger partial charge on any atom is 0.229 e. The maximum atomic E-state index is 11.2. The van der Waals surface area contributed by atoms with E-state index >= 15 is 0 Å². The molecule has 0 saturated carbocycles. The van der Waals surface area contributed by atoms with Crippen LogP contribution in [-0.4, -0.2) is 31.0 Å². The molecule has 30 heavy (non-hydrogen) atoms. The Kier molecular flexibility index (Phi) is 9.78. The van der Waals surface area contributed by atoms with Gasteiger partial charge in [-0.15, -0.1) is 0 Å². The summed E-state index contributed by atoms with van der Waals surface area (Å²) in [5.74, 6) is 0.0999. The number of benzene rings is 2.